The van der Waals surface area contributed by atoms with Crippen molar-refractivity contribution < 1.29 is 19.4 Å². The molecule has 0 amide bonds. The number of carboxylic acid groups (broad SMARTS) is 1. The quantitative estimate of drug-likeness (QED) is 0.270. The lowest BCUT2D eigenvalue weighted by atomic mass is 9.37. The first kappa shape index (κ1) is 25.5. The van der Waals surface area contributed by atoms with E-state index in [2.05, 4.69) is 40.3 Å². The first-order valence-electron chi connectivity index (χ1n) is 14.6. The van der Waals surface area contributed by atoms with E-state index < -0.39 is 22.2 Å². The third-order valence-corrected chi connectivity index (χ3v) is 12.1. The minimum atomic E-state index is -1.01. The number of hydrogen-bond acceptors (Lipinski definition) is 3. The van der Waals surface area contributed by atoms with E-state index in [1.807, 2.05) is 0 Å². The Kier molecular flexibility index (Phi) is 6.34. The Labute approximate surface area is 212 Å². The number of carbonyl (C=O) groups excluding carboxylic acids is 1. The van der Waals surface area contributed by atoms with Gasteiger partial charge in [-0.2, -0.15) is 0 Å². The maximum atomic E-state index is 13.4. The highest BCUT2D eigenvalue weighted by atomic mass is 16.5. The minimum absolute atomic E-state index is 0.0945. The Morgan fingerprint density at radius 3 is 2.46 bits per heavy atom. The van der Waals surface area contributed by atoms with Crippen molar-refractivity contribution in [2.75, 3.05) is 6.61 Å². The number of rotatable bonds is 10. The molecule has 0 aromatic heterocycles. The van der Waals surface area contributed by atoms with Crippen LogP contribution in [-0.2, 0) is 14.3 Å². The Hall–Kier alpha value is -1.16. The van der Waals surface area contributed by atoms with Crippen LogP contribution >= 0.6 is 0 Å². The summed E-state index contributed by atoms with van der Waals surface area (Å²) in [7, 11) is 0. The predicted molar refractivity (Wildman–Crippen MR) is 138 cm³/mol. The lowest BCUT2D eigenvalue weighted by Crippen LogP contribution is -2.67. The van der Waals surface area contributed by atoms with Gasteiger partial charge in [0.1, 0.15) is 6.29 Å². The van der Waals surface area contributed by atoms with Gasteiger partial charge in [-0.1, -0.05) is 65.9 Å². The summed E-state index contributed by atoms with van der Waals surface area (Å²) in [5.41, 5.74) is -2.36. The molecule has 4 nitrogen and oxygen atoms in total. The van der Waals surface area contributed by atoms with Crippen molar-refractivity contribution in [3.8, 4) is 0 Å². The van der Waals surface area contributed by atoms with Crippen molar-refractivity contribution in [1.29, 1.82) is 0 Å². The number of allylic oxidation sites excluding steroid dienone is 1. The van der Waals surface area contributed by atoms with E-state index in [9.17, 15) is 14.7 Å². The molecule has 5 saturated carbocycles. The number of aldehydes is 1. The average Bonchev–Trinajstić information content (AvgIpc) is 3.15. The smallest absolute Gasteiger partial charge is 0.311 e. The summed E-state index contributed by atoms with van der Waals surface area (Å²) in [4.78, 5) is 26.4. The van der Waals surface area contributed by atoms with E-state index in [4.69, 9.17) is 4.74 Å². The van der Waals surface area contributed by atoms with Crippen LogP contribution in [0, 0.1) is 57.2 Å². The zero-order valence-electron chi connectivity index (χ0n) is 22.6. The van der Waals surface area contributed by atoms with Crippen molar-refractivity contribution in [2.24, 2.45) is 57.2 Å². The summed E-state index contributed by atoms with van der Waals surface area (Å²) in [6, 6.07) is 0. The maximum absolute atomic E-state index is 13.4. The molecule has 5 aliphatic carbocycles. The van der Waals surface area contributed by atoms with Crippen LogP contribution in [0.5, 0.6) is 0 Å². The molecule has 4 heteroatoms. The molecule has 9 atom stereocenters. The molecule has 1 saturated heterocycles. The van der Waals surface area contributed by atoms with Crippen LogP contribution in [0.3, 0.4) is 0 Å². The van der Waals surface area contributed by atoms with Crippen LogP contribution in [0.4, 0.5) is 0 Å². The zero-order chi connectivity index (χ0) is 25.2. The Bertz CT molecular complexity index is 860. The number of ether oxygens (including phenoxy) is 1. The zero-order valence-corrected chi connectivity index (χ0v) is 22.6. The molecule has 0 radical (unpaired) electrons. The van der Waals surface area contributed by atoms with Crippen LogP contribution in [-0.4, -0.2) is 30.1 Å². The van der Waals surface area contributed by atoms with Crippen molar-refractivity contribution in [2.45, 2.75) is 104 Å². The van der Waals surface area contributed by atoms with Crippen LogP contribution < -0.4 is 0 Å². The van der Waals surface area contributed by atoms with Gasteiger partial charge in [-0.3, -0.25) is 4.79 Å². The van der Waals surface area contributed by atoms with E-state index >= 15 is 0 Å². The first-order chi connectivity index (χ1) is 16.7. The Morgan fingerprint density at radius 1 is 1.17 bits per heavy atom. The fourth-order valence-electron chi connectivity index (χ4n) is 10.6. The van der Waals surface area contributed by atoms with Crippen LogP contribution in [0.15, 0.2) is 12.7 Å². The van der Waals surface area contributed by atoms with E-state index in [0.29, 0.717) is 30.6 Å². The molecule has 6 fully saturated rings. The van der Waals surface area contributed by atoms with Crippen LogP contribution in [0.1, 0.15) is 98.3 Å². The number of aliphatic carboxylic acids is 1. The number of carboxylic acids is 1. The predicted octanol–water partition coefficient (Wildman–Crippen LogP) is 6.92. The molecule has 1 heterocycles. The molecule has 1 N–H and O–H groups in total. The molecule has 196 valence electrons. The number of carbonyl (C=O) groups is 2. The van der Waals surface area contributed by atoms with Gasteiger partial charge in [0.2, 0.25) is 0 Å². The van der Waals surface area contributed by atoms with Gasteiger partial charge in [0.15, 0.2) is 0 Å². The fraction of sp³-hybridized carbons (Fsp3) is 0.871. The Morgan fingerprint density at radius 2 is 1.89 bits per heavy atom. The molecule has 0 aromatic carbocycles. The summed E-state index contributed by atoms with van der Waals surface area (Å²) in [6.45, 7) is 13.9. The summed E-state index contributed by atoms with van der Waals surface area (Å²) < 4.78 is 6.71. The van der Waals surface area contributed by atoms with Crippen LogP contribution in [0.25, 0.3) is 0 Å². The maximum Gasteiger partial charge on any atom is 0.311 e. The van der Waals surface area contributed by atoms with Crippen molar-refractivity contribution in [1.82, 2.24) is 0 Å². The van der Waals surface area contributed by atoms with E-state index in [-0.39, 0.29) is 23.4 Å². The van der Waals surface area contributed by atoms with Gasteiger partial charge in [-0.25, -0.2) is 0 Å². The third-order valence-electron chi connectivity index (χ3n) is 12.1. The van der Waals surface area contributed by atoms with Gasteiger partial charge in [0, 0.05) is 22.9 Å². The molecule has 1 aliphatic heterocycles. The second-order valence-electron chi connectivity index (χ2n) is 13.8. The molecule has 35 heavy (non-hydrogen) atoms. The van der Waals surface area contributed by atoms with Gasteiger partial charge in [-0.05, 0) is 74.0 Å². The second kappa shape index (κ2) is 8.71. The molecule has 6 aliphatic rings. The lowest BCUT2D eigenvalue weighted by molar-refractivity contribution is -0.215. The van der Waals surface area contributed by atoms with Gasteiger partial charge >= 0.3 is 5.97 Å². The summed E-state index contributed by atoms with van der Waals surface area (Å²) >= 11 is 0. The second-order valence-corrected chi connectivity index (χ2v) is 13.8. The molecule has 0 aromatic rings. The SMILES string of the molecule is C=CC1C2(C3CC(CC4CCCC4)CO3)CC(C(C)CC)CC3(C=O)CC12C3(CC(C)C)C(=O)O. The van der Waals surface area contributed by atoms with Gasteiger partial charge in [0.25, 0.3) is 0 Å². The highest BCUT2D eigenvalue weighted by Gasteiger charge is 2.96. The fourth-order valence-corrected chi connectivity index (χ4v) is 10.6. The third kappa shape index (κ3) is 3.13. The molecule has 6 rings (SSSR count). The minimum Gasteiger partial charge on any atom is -0.481 e. The van der Waals surface area contributed by atoms with E-state index in [1.165, 1.54) is 32.1 Å². The van der Waals surface area contributed by atoms with Crippen LogP contribution in [0.2, 0.25) is 0 Å². The first-order valence-corrected chi connectivity index (χ1v) is 14.6. The normalized spacial score (nSPS) is 47.6. The lowest BCUT2D eigenvalue weighted by Gasteiger charge is -2.63. The summed E-state index contributed by atoms with van der Waals surface area (Å²) in [6.07, 6.45) is 15.1. The molecular weight excluding hydrogens is 436 g/mol. The van der Waals surface area contributed by atoms with Crippen molar-refractivity contribution >= 4 is 12.3 Å². The Balaban J connectivity index is 1.57. The summed E-state index contributed by atoms with van der Waals surface area (Å²) in [5, 5.41) is 11.0. The highest BCUT2D eigenvalue weighted by Crippen LogP contribution is 2.95. The monoisotopic (exact) mass is 484 g/mol. The molecule has 9 unspecified atom stereocenters. The largest absolute Gasteiger partial charge is 0.481 e. The van der Waals surface area contributed by atoms with E-state index in [0.717, 1.165) is 44.5 Å². The average molecular weight is 485 g/mol. The topological polar surface area (TPSA) is 63.6 Å². The van der Waals surface area contributed by atoms with Crippen molar-refractivity contribution in [3.63, 3.8) is 0 Å². The standard InChI is InChI=1S/C31H48O4/c1-6-21(5)24-15-28(19-32)18-31(30(28,27(33)34)14-20(3)4)25(7-2)29(31,16-24)26-13-23(17-35-26)12-22-10-8-9-11-22/h7,19-26H,2,6,8-18H2,1,3-5H3,(H,33,34). The number of fused-ring (bicyclic) bond motifs is 2. The molecular formula is C31H48O4. The van der Waals surface area contributed by atoms with Gasteiger partial charge in [0.05, 0.1) is 11.5 Å². The van der Waals surface area contributed by atoms with Gasteiger partial charge < -0.3 is 14.6 Å². The highest BCUT2D eigenvalue weighted by molar-refractivity contribution is 5.88. The molecule has 1 spiro atoms. The summed E-state index contributed by atoms with van der Waals surface area (Å²) in [5.74, 6) is 1.84. The van der Waals surface area contributed by atoms with Gasteiger partial charge in [-0.15, -0.1) is 6.58 Å². The van der Waals surface area contributed by atoms with Crippen molar-refractivity contribution in [3.05, 3.63) is 12.7 Å². The number of hydrogen-bond donors (Lipinski definition) is 1. The van der Waals surface area contributed by atoms with E-state index in [1.54, 1.807) is 0 Å². The molecule has 2 bridgehead atoms.